The van der Waals surface area contributed by atoms with E-state index in [1.54, 1.807) is 0 Å². The smallest absolute Gasteiger partial charge is 0.0818 e. The Labute approximate surface area is 91.2 Å². The van der Waals surface area contributed by atoms with Crippen molar-refractivity contribution in [2.75, 3.05) is 25.2 Å². The monoisotopic (exact) mass is 215 g/mol. The maximum atomic E-state index is 5.80. The fourth-order valence-corrected chi connectivity index (χ4v) is 3.02. The molecule has 82 valence electrons. The summed E-state index contributed by atoms with van der Waals surface area (Å²) in [5, 5.41) is 3.42. The Kier molecular flexibility index (Phi) is 4.14. The lowest BCUT2D eigenvalue weighted by atomic mass is 10.0. The zero-order valence-corrected chi connectivity index (χ0v) is 9.81. The van der Waals surface area contributed by atoms with Gasteiger partial charge in [-0.3, -0.25) is 0 Å². The second kappa shape index (κ2) is 5.38. The van der Waals surface area contributed by atoms with E-state index in [9.17, 15) is 0 Å². The Morgan fingerprint density at radius 1 is 1.50 bits per heavy atom. The molecule has 2 atom stereocenters. The topological polar surface area (TPSA) is 21.3 Å². The Morgan fingerprint density at radius 2 is 2.36 bits per heavy atom. The lowest BCUT2D eigenvalue weighted by molar-refractivity contribution is 0.0460. The summed E-state index contributed by atoms with van der Waals surface area (Å²) in [6.45, 7) is 0.941. The second-order valence-corrected chi connectivity index (χ2v) is 5.55. The molecule has 2 unspecified atom stereocenters. The number of rotatable bonds is 5. The van der Waals surface area contributed by atoms with Crippen molar-refractivity contribution in [3.63, 3.8) is 0 Å². The minimum absolute atomic E-state index is 0.456. The molecular weight excluding hydrogens is 194 g/mol. The summed E-state index contributed by atoms with van der Waals surface area (Å²) < 4.78 is 5.80. The van der Waals surface area contributed by atoms with E-state index in [1.807, 2.05) is 11.8 Å². The summed E-state index contributed by atoms with van der Waals surface area (Å²) in [4.78, 5) is 0. The van der Waals surface area contributed by atoms with Gasteiger partial charge in [0.2, 0.25) is 0 Å². The largest absolute Gasteiger partial charge is 0.375 e. The minimum Gasteiger partial charge on any atom is -0.375 e. The van der Waals surface area contributed by atoms with Gasteiger partial charge in [0, 0.05) is 17.5 Å². The summed E-state index contributed by atoms with van der Waals surface area (Å²) in [6, 6.07) is 0.586. The number of ether oxygens (including phenoxy) is 1. The minimum atomic E-state index is 0.456. The van der Waals surface area contributed by atoms with E-state index in [2.05, 4.69) is 12.4 Å². The third kappa shape index (κ3) is 3.14. The van der Waals surface area contributed by atoms with Crippen LogP contribution in [-0.4, -0.2) is 37.3 Å². The standard InChI is InChI=1S/C11H21NOS/c1-12-10(5-4-9-2-3-9)11-8-14-7-6-13-11/h9-12H,2-8H2,1H3. The predicted molar refractivity (Wildman–Crippen MR) is 61.9 cm³/mol. The molecule has 0 bridgehead atoms. The number of likely N-dealkylation sites (N-methyl/N-ethyl adjacent to an activating group) is 1. The highest BCUT2D eigenvalue weighted by atomic mass is 32.2. The highest BCUT2D eigenvalue weighted by molar-refractivity contribution is 7.99. The molecule has 0 radical (unpaired) electrons. The van der Waals surface area contributed by atoms with Crippen molar-refractivity contribution in [2.45, 2.75) is 37.8 Å². The average molecular weight is 215 g/mol. The van der Waals surface area contributed by atoms with Crippen LogP contribution in [0.4, 0.5) is 0 Å². The van der Waals surface area contributed by atoms with E-state index in [0.29, 0.717) is 12.1 Å². The van der Waals surface area contributed by atoms with Gasteiger partial charge in [-0.05, 0) is 25.8 Å². The molecule has 2 fully saturated rings. The highest BCUT2D eigenvalue weighted by Crippen LogP contribution is 2.34. The van der Waals surface area contributed by atoms with Gasteiger partial charge in [0.1, 0.15) is 0 Å². The van der Waals surface area contributed by atoms with Gasteiger partial charge in [0.15, 0.2) is 0 Å². The van der Waals surface area contributed by atoms with Crippen LogP contribution in [0.15, 0.2) is 0 Å². The average Bonchev–Trinajstić information content (AvgIpc) is 3.04. The van der Waals surface area contributed by atoms with Gasteiger partial charge in [0.25, 0.3) is 0 Å². The fraction of sp³-hybridized carbons (Fsp3) is 1.00. The van der Waals surface area contributed by atoms with Gasteiger partial charge in [-0.25, -0.2) is 0 Å². The van der Waals surface area contributed by atoms with E-state index >= 15 is 0 Å². The van der Waals surface area contributed by atoms with Crippen molar-refractivity contribution < 1.29 is 4.74 Å². The molecule has 14 heavy (non-hydrogen) atoms. The fourth-order valence-electron chi connectivity index (χ4n) is 2.08. The SMILES string of the molecule is CNC(CCC1CC1)C1CSCCO1. The van der Waals surface area contributed by atoms with Crippen LogP contribution in [-0.2, 0) is 4.74 Å². The van der Waals surface area contributed by atoms with Crippen LogP contribution in [0.3, 0.4) is 0 Å². The number of hydrogen-bond acceptors (Lipinski definition) is 3. The van der Waals surface area contributed by atoms with Crippen LogP contribution in [0.25, 0.3) is 0 Å². The number of nitrogens with one attached hydrogen (secondary N) is 1. The molecule has 1 aliphatic carbocycles. The third-order valence-electron chi connectivity index (χ3n) is 3.24. The Morgan fingerprint density at radius 3 is 2.93 bits per heavy atom. The number of thioether (sulfide) groups is 1. The highest BCUT2D eigenvalue weighted by Gasteiger charge is 2.27. The normalized spacial score (nSPS) is 30.2. The van der Waals surface area contributed by atoms with Gasteiger partial charge < -0.3 is 10.1 Å². The Hall–Kier alpha value is 0.270. The molecule has 0 aromatic carbocycles. The summed E-state index contributed by atoms with van der Waals surface area (Å²) in [6.07, 6.45) is 6.09. The van der Waals surface area contributed by atoms with E-state index in [4.69, 9.17) is 4.74 Å². The van der Waals surface area contributed by atoms with Gasteiger partial charge in [-0.2, -0.15) is 11.8 Å². The first kappa shape index (κ1) is 10.8. The molecule has 3 heteroatoms. The van der Waals surface area contributed by atoms with E-state index < -0.39 is 0 Å². The summed E-state index contributed by atoms with van der Waals surface area (Å²) in [5.41, 5.74) is 0. The first-order chi connectivity index (χ1) is 6.90. The molecule has 0 spiro atoms. The lowest BCUT2D eigenvalue weighted by Gasteiger charge is -2.30. The molecule has 2 rings (SSSR count). The van der Waals surface area contributed by atoms with Gasteiger partial charge in [-0.15, -0.1) is 0 Å². The Bertz CT molecular complexity index is 167. The van der Waals surface area contributed by atoms with Crippen LogP contribution in [0, 0.1) is 5.92 Å². The van der Waals surface area contributed by atoms with Crippen LogP contribution >= 0.6 is 11.8 Å². The maximum Gasteiger partial charge on any atom is 0.0818 e. The molecule has 1 saturated carbocycles. The molecule has 2 nitrogen and oxygen atoms in total. The number of hydrogen-bond donors (Lipinski definition) is 1. The van der Waals surface area contributed by atoms with E-state index in [1.165, 1.54) is 37.2 Å². The second-order valence-electron chi connectivity index (χ2n) is 4.40. The van der Waals surface area contributed by atoms with Crippen molar-refractivity contribution >= 4 is 11.8 Å². The molecule has 1 saturated heterocycles. The quantitative estimate of drug-likeness (QED) is 0.757. The zero-order valence-electron chi connectivity index (χ0n) is 9.00. The lowest BCUT2D eigenvalue weighted by Crippen LogP contribution is -2.43. The van der Waals surface area contributed by atoms with Crippen LogP contribution in [0.1, 0.15) is 25.7 Å². The van der Waals surface area contributed by atoms with Crippen LogP contribution in [0.5, 0.6) is 0 Å². The molecular formula is C11H21NOS. The molecule has 0 aromatic rings. The van der Waals surface area contributed by atoms with Crippen molar-refractivity contribution in [3.8, 4) is 0 Å². The molecule has 1 heterocycles. The van der Waals surface area contributed by atoms with Gasteiger partial charge in [0.05, 0.1) is 12.7 Å². The van der Waals surface area contributed by atoms with E-state index in [0.717, 1.165) is 12.5 Å². The molecule has 1 N–H and O–H groups in total. The van der Waals surface area contributed by atoms with Gasteiger partial charge in [-0.1, -0.05) is 12.8 Å². The predicted octanol–water partition coefficient (Wildman–Crippen LogP) is 1.90. The summed E-state index contributed by atoms with van der Waals surface area (Å²) >= 11 is 2.03. The van der Waals surface area contributed by atoms with Crippen molar-refractivity contribution in [3.05, 3.63) is 0 Å². The van der Waals surface area contributed by atoms with Crippen LogP contribution in [0.2, 0.25) is 0 Å². The Balaban J connectivity index is 1.71. The maximum absolute atomic E-state index is 5.80. The van der Waals surface area contributed by atoms with Crippen molar-refractivity contribution in [1.82, 2.24) is 5.32 Å². The van der Waals surface area contributed by atoms with Crippen molar-refractivity contribution in [2.24, 2.45) is 5.92 Å². The molecule has 0 aromatic heterocycles. The van der Waals surface area contributed by atoms with Gasteiger partial charge >= 0.3 is 0 Å². The molecule has 1 aliphatic heterocycles. The van der Waals surface area contributed by atoms with Crippen LogP contribution < -0.4 is 5.32 Å². The van der Waals surface area contributed by atoms with Crippen molar-refractivity contribution in [1.29, 1.82) is 0 Å². The summed E-state index contributed by atoms with van der Waals surface area (Å²) in [7, 11) is 2.07. The van der Waals surface area contributed by atoms with E-state index in [-0.39, 0.29) is 0 Å². The first-order valence-corrected chi connectivity index (χ1v) is 6.92. The molecule has 0 amide bonds. The first-order valence-electron chi connectivity index (χ1n) is 5.76. The third-order valence-corrected chi connectivity index (χ3v) is 4.26. The summed E-state index contributed by atoms with van der Waals surface area (Å²) in [5.74, 6) is 3.40. The molecule has 2 aliphatic rings. The zero-order chi connectivity index (χ0) is 9.80.